The second-order valence-corrected chi connectivity index (χ2v) is 5.93. The van der Waals surface area contributed by atoms with Crippen LogP contribution < -0.4 is 5.32 Å². The lowest BCUT2D eigenvalue weighted by atomic mass is 9.97. The molecule has 19 heavy (non-hydrogen) atoms. The number of methoxy groups -OCH3 is 1. The lowest BCUT2D eigenvalue weighted by Gasteiger charge is -2.26. The average molecular weight is 328 g/mol. The topological polar surface area (TPSA) is 55.4 Å². The first kappa shape index (κ1) is 15.7. The Labute approximate surface area is 121 Å². The van der Waals surface area contributed by atoms with Gasteiger partial charge in [0.2, 0.25) is 0 Å². The highest BCUT2D eigenvalue weighted by Crippen LogP contribution is 2.25. The van der Waals surface area contributed by atoms with Gasteiger partial charge in [-0.05, 0) is 54.9 Å². The van der Waals surface area contributed by atoms with Crippen LogP contribution in [0.4, 0.5) is 5.69 Å². The highest BCUT2D eigenvalue weighted by molar-refractivity contribution is 9.10. The van der Waals surface area contributed by atoms with Gasteiger partial charge in [0.1, 0.15) is 5.78 Å². The number of benzene rings is 1. The Hall–Kier alpha value is -1.36. The highest BCUT2D eigenvalue weighted by Gasteiger charge is 2.20. The Kier molecular flexibility index (Phi) is 5.11. The monoisotopic (exact) mass is 327 g/mol. The standard InChI is InChI=1S/C14H18BrNO3/c1-9(17)8-14(2,3)16-10-5-6-12(15)11(7-10)13(18)19-4/h5-7,16H,8H2,1-4H3. The predicted octanol–water partition coefficient (Wildman–Crippen LogP) is 3.41. The maximum Gasteiger partial charge on any atom is 0.339 e. The maximum absolute atomic E-state index is 11.6. The van der Waals surface area contributed by atoms with Crippen LogP contribution in [0.5, 0.6) is 0 Å². The molecule has 5 heteroatoms. The first-order valence-electron chi connectivity index (χ1n) is 5.90. The molecule has 0 heterocycles. The van der Waals surface area contributed by atoms with Crippen LogP contribution in [0.25, 0.3) is 0 Å². The van der Waals surface area contributed by atoms with Crippen molar-refractivity contribution < 1.29 is 14.3 Å². The molecule has 0 amide bonds. The molecule has 0 atom stereocenters. The molecule has 0 bridgehead atoms. The number of rotatable bonds is 5. The van der Waals surface area contributed by atoms with Crippen LogP contribution in [0.2, 0.25) is 0 Å². The SMILES string of the molecule is COC(=O)c1cc(NC(C)(C)CC(C)=O)ccc1Br. The van der Waals surface area contributed by atoms with E-state index in [4.69, 9.17) is 4.74 Å². The number of ether oxygens (including phenoxy) is 1. The molecule has 0 aromatic heterocycles. The van der Waals surface area contributed by atoms with Crippen LogP contribution >= 0.6 is 15.9 Å². The number of Topliss-reactive ketones (excluding diaryl/α,β-unsaturated/α-hetero) is 1. The minimum atomic E-state index is -0.403. The summed E-state index contributed by atoms with van der Waals surface area (Å²) >= 11 is 3.31. The van der Waals surface area contributed by atoms with Gasteiger partial charge >= 0.3 is 5.97 Å². The molecule has 0 fully saturated rings. The zero-order valence-corrected chi connectivity index (χ0v) is 13.1. The minimum absolute atomic E-state index is 0.114. The van der Waals surface area contributed by atoms with Crippen molar-refractivity contribution in [1.29, 1.82) is 0 Å². The van der Waals surface area contributed by atoms with E-state index < -0.39 is 5.97 Å². The van der Waals surface area contributed by atoms with Gasteiger partial charge in [-0.3, -0.25) is 4.79 Å². The van der Waals surface area contributed by atoms with Gasteiger partial charge in [0, 0.05) is 22.1 Å². The van der Waals surface area contributed by atoms with Crippen molar-refractivity contribution in [2.75, 3.05) is 12.4 Å². The van der Waals surface area contributed by atoms with E-state index in [1.54, 1.807) is 19.1 Å². The van der Waals surface area contributed by atoms with Crippen LogP contribution in [0.3, 0.4) is 0 Å². The number of halogens is 1. The smallest absolute Gasteiger partial charge is 0.339 e. The number of carbonyl (C=O) groups excluding carboxylic acids is 2. The van der Waals surface area contributed by atoms with E-state index in [1.807, 2.05) is 19.9 Å². The molecular formula is C14H18BrNO3. The summed E-state index contributed by atoms with van der Waals surface area (Å²) in [4.78, 5) is 22.8. The molecule has 0 aliphatic carbocycles. The summed E-state index contributed by atoms with van der Waals surface area (Å²) in [5, 5.41) is 3.25. The maximum atomic E-state index is 11.6. The van der Waals surface area contributed by atoms with Gasteiger partial charge in [-0.2, -0.15) is 0 Å². The zero-order valence-electron chi connectivity index (χ0n) is 11.5. The summed E-state index contributed by atoms with van der Waals surface area (Å²) in [5.74, 6) is -0.289. The van der Waals surface area contributed by atoms with Crippen molar-refractivity contribution in [2.24, 2.45) is 0 Å². The highest BCUT2D eigenvalue weighted by atomic mass is 79.9. The zero-order chi connectivity index (χ0) is 14.6. The fourth-order valence-electron chi connectivity index (χ4n) is 1.93. The summed E-state index contributed by atoms with van der Waals surface area (Å²) in [6, 6.07) is 5.33. The summed E-state index contributed by atoms with van der Waals surface area (Å²) in [7, 11) is 1.34. The number of carbonyl (C=O) groups is 2. The van der Waals surface area contributed by atoms with Crippen LogP contribution in [0.15, 0.2) is 22.7 Å². The van der Waals surface area contributed by atoms with Gasteiger partial charge in [-0.15, -0.1) is 0 Å². The summed E-state index contributed by atoms with van der Waals surface area (Å²) in [5.41, 5.74) is 0.855. The molecule has 1 aromatic rings. The van der Waals surface area contributed by atoms with Crippen molar-refractivity contribution in [1.82, 2.24) is 0 Å². The third kappa shape index (κ3) is 4.67. The van der Waals surface area contributed by atoms with E-state index in [9.17, 15) is 9.59 Å². The second-order valence-electron chi connectivity index (χ2n) is 5.07. The number of hydrogen-bond acceptors (Lipinski definition) is 4. The third-order valence-electron chi connectivity index (χ3n) is 2.55. The van der Waals surface area contributed by atoms with Crippen molar-refractivity contribution in [2.45, 2.75) is 32.7 Å². The van der Waals surface area contributed by atoms with Crippen molar-refractivity contribution in [3.8, 4) is 0 Å². The molecule has 0 unspecified atom stereocenters. The van der Waals surface area contributed by atoms with Gasteiger partial charge < -0.3 is 10.1 Å². The van der Waals surface area contributed by atoms with Gasteiger partial charge in [0.25, 0.3) is 0 Å². The van der Waals surface area contributed by atoms with E-state index in [-0.39, 0.29) is 11.3 Å². The van der Waals surface area contributed by atoms with Gasteiger partial charge in [0.15, 0.2) is 0 Å². The Morgan fingerprint density at radius 1 is 1.37 bits per heavy atom. The molecule has 0 saturated heterocycles. The van der Waals surface area contributed by atoms with E-state index in [2.05, 4.69) is 21.2 Å². The number of hydrogen-bond donors (Lipinski definition) is 1. The largest absolute Gasteiger partial charge is 0.465 e. The first-order valence-corrected chi connectivity index (χ1v) is 6.70. The fourth-order valence-corrected chi connectivity index (χ4v) is 2.34. The van der Waals surface area contributed by atoms with Crippen LogP contribution in [0.1, 0.15) is 37.6 Å². The molecular weight excluding hydrogens is 310 g/mol. The second kappa shape index (κ2) is 6.19. The predicted molar refractivity (Wildman–Crippen MR) is 78.5 cm³/mol. The van der Waals surface area contributed by atoms with E-state index in [0.717, 1.165) is 5.69 Å². The Balaban J connectivity index is 2.97. The molecule has 1 N–H and O–H groups in total. The van der Waals surface area contributed by atoms with E-state index >= 15 is 0 Å². The minimum Gasteiger partial charge on any atom is -0.465 e. The van der Waals surface area contributed by atoms with Crippen molar-refractivity contribution in [3.05, 3.63) is 28.2 Å². The molecule has 0 aliphatic heterocycles. The first-order chi connectivity index (χ1) is 8.75. The van der Waals surface area contributed by atoms with Crippen LogP contribution in [-0.2, 0) is 9.53 Å². The molecule has 0 radical (unpaired) electrons. The average Bonchev–Trinajstić information content (AvgIpc) is 2.28. The molecule has 1 rings (SSSR count). The van der Waals surface area contributed by atoms with Crippen LogP contribution in [0, 0.1) is 0 Å². The molecule has 1 aromatic carbocycles. The van der Waals surface area contributed by atoms with Gasteiger partial charge in [-0.25, -0.2) is 4.79 Å². The number of nitrogens with one attached hydrogen (secondary N) is 1. The number of ketones is 1. The number of esters is 1. The Morgan fingerprint density at radius 2 is 2.00 bits per heavy atom. The Morgan fingerprint density at radius 3 is 2.53 bits per heavy atom. The molecule has 4 nitrogen and oxygen atoms in total. The van der Waals surface area contributed by atoms with Crippen molar-refractivity contribution in [3.63, 3.8) is 0 Å². The van der Waals surface area contributed by atoms with Crippen molar-refractivity contribution >= 4 is 33.4 Å². The normalized spacial score (nSPS) is 11.0. The third-order valence-corrected chi connectivity index (χ3v) is 3.24. The van der Waals surface area contributed by atoms with E-state index in [1.165, 1.54) is 7.11 Å². The lowest BCUT2D eigenvalue weighted by molar-refractivity contribution is -0.117. The Bertz CT molecular complexity index is 497. The van der Waals surface area contributed by atoms with E-state index in [0.29, 0.717) is 16.5 Å². The summed E-state index contributed by atoms with van der Waals surface area (Å²) < 4.78 is 5.39. The van der Waals surface area contributed by atoms with Gasteiger partial charge in [-0.1, -0.05) is 0 Å². The van der Waals surface area contributed by atoms with Crippen LogP contribution in [-0.4, -0.2) is 24.4 Å². The summed E-state index contributed by atoms with van der Waals surface area (Å²) in [6.07, 6.45) is 0.413. The lowest BCUT2D eigenvalue weighted by Crippen LogP contribution is -2.33. The summed E-state index contributed by atoms with van der Waals surface area (Å²) in [6.45, 7) is 5.44. The number of anilines is 1. The fraction of sp³-hybridized carbons (Fsp3) is 0.429. The van der Waals surface area contributed by atoms with Gasteiger partial charge in [0.05, 0.1) is 12.7 Å². The molecule has 104 valence electrons. The quantitative estimate of drug-likeness (QED) is 0.842. The molecule has 0 aliphatic rings. The molecule has 0 spiro atoms. The molecule has 0 saturated carbocycles.